The lowest BCUT2D eigenvalue weighted by Gasteiger charge is -2.30. The second-order valence-corrected chi connectivity index (χ2v) is 7.57. The largest absolute Gasteiger partial charge is 0.480 e. The van der Waals surface area contributed by atoms with Crippen LogP contribution in [0.2, 0.25) is 0 Å². The first kappa shape index (κ1) is 21.7. The van der Waals surface area contributed by atoms with E-state index >= 15 is 0 Å². The molecule has 4 nitrogen and oxygen atoms in total. The molecule has 0 saturated heterocycles. The number of thiol groups is 1. The quantitative estimate of drug-likeness (QED) is 0.508. The van der Waals surface area contributed by atoms with Gasteiger partial charge < -0.3 is 5.11 Å². The Morgan fingerprint density at radius 3 is 1.93 bits per heavy atom. The van der Waals surface area contributed by atoms with Crippen molar-refractivity contribution in [3.05, 3.63) is 90.5 Å². The number of nitrogens with zero attached hydrogens (tertiary/aromatic N) is 1. The Morgan fingerprint density at radius 1 is 0.867 bits per heavy atom. The van der Waals surface area contributed by atoms with Gasteiger partial charge in [0.1, 0.15) is 6.04 Å². The van der Waals surface area contributed by atoms with E-state index in [4.69, 9.17) is 0 Å². The van der Waals surface area contributed by atoms with Gasteiger partial charge in [0.2, 0.25) is 5.91 Å². The number of carbonyl (C=O) groups excluding carboxylic acids is 1. The fraction of sp³-hybridized carbons (Fsp3) is 0.200. The van der Waals surface area contributed by atoms with E-state index in [0.29, 0.717) is 17.9 Å². The molecule has 0 aromatic heterocycles. The van der Waals surface area contributed by atoms with Crippen LogP contribution in [0.25, 0.3) is 11.1 Å². The van der Waals surface area contributed by atoms with Gasteiger partial charge >= 0.3 is 5.97 Å². The first-order valence-electron chi connectivity index (χ1n) is 9.87. The standard InChI is InChI=1S/C25H25NO3S/c1-18(25(28)29)26(24(27)22(17-30)16-19-8-4-2-5-9-19)23-14-12-21(13-15-23)20-10-6-3-7-11-20/h2-15,18,22,30H,16-17H2,1H3,(H,28,29)/t18-,22?/m0/s1. The maximum atomic E-state index is 13.4. The number of benzene rings is 3. The van der Waals surface area contributed by atoms with E-state index in [1.807, 2.05) is 72.8 Å². The van der Waals surface area contributed by atoms with Crippen molar-refractivity contribution < 1.29 is 14.7 Å². The Hall–Kier alpha value is -3.05. The highest BCUT2D eigenvalue weighted by Crippen LogP contribution is 2.26. The van der Waals surface area contributed by atoms with Crippen LogP contribution in [0.3, 0.4) is 0 Å². The maximum Gasteiger partial charge on any atom is 0.326 e. The van der Waals surface area contributed by atoms with E-state index in [1.165, 1.54) is 11.8 Å². The van der Waals surface area contributed by atoms with Crippen LogP contribution in [0.15, 0.2) is 84.9 Å². The van der Waals surface area contributed by atoms with Crippen molar-refractivity contribution in [2.45, 2.75) is 19.4 Å². The highest BCUT2D eigenvalue weighted by Gasteiger charge is 2.31. The Bertz CT molecular complexity index is 974. The van der Waals surface area contributed by atoms with Crippen LogP contribution in [0.4, 0.5) is 5.69 Å². The van der Waals surface area contributed by atoms with Gasteiger partial charge in [0.15, 0.2) is 0 Å². The number of carboxylic acids is 1. The molecule has 0 fully saturated rings. The summed E-state index contributed by atoms with van der Waals surface area (Å²) in [7, 11) is 0. The Labute approximate surface area is 182 Å². The molecule has 0 saturated carbocycles. The van der Waals surface area contributed by atoms with E-state index in [2.05, 4.69) is 12.6 Å². The van der Waals surface area contributed by atoms with Crippen molar-refractivity contribution in [3.8, 4) is 11.1 Å². The minimum atomic E-state index is -1.05. The van der Waals surface area contributed by atoms with E-state index in [1.54, 1.807) is 12.1 Å². The molecule has 3 rings (SSSR count). The number of hydrogen-bond acceptors (Lipinski definition) is 3. The van der Waals surface area contributed by atoms with Crippen LogP contribution in [0.1, 0.15) is 12.5 Å². The lowest BCUT2D eigenvalue weighted by molar-refractivity contribution is -0.140. The molecule has 1 N–H and O–H groups in total. The summed E-state index contributed by atoms with van der Waals surface area (Å²) in [6.45, 7) is 1.53. The van der Waals surface area contributed by atoms with Gasteiger partial charge in [-0.05, 0) is 42.2 Å². The normalized spacial score (nSPS) is 12.7. The first-order chi connectivity index (χ1) is 14.5. The lowest BCUT2D eigenvalue weighted by Crippen LogP contribution is -2.47. The molecule has 0 spiro atoms. The summed E-state index contributed by atoms with van der Waals surface area (Å²) in [6.07, 6.45) is 0.508. The first-order valence-corrected chi connectivity index (χ1v) is 10.5. The monoisotopic (exact) mass is 419 g/mol. The fourth-order valence-corrected chi connectivity index (χ4v) is 3.71. The minimum absolute atomic E-state index is 0.240. The molecule has 2 atom stereocenters. The molecule has 1 unspecified atom stereocenters. The summed E-state index contributed by atoms with van der Waals surface area (Å²) in [5.41, 5.74) is 3.65. The van der Waals surface area contributed by atoms with Crippen molar-refractivity contribution in [2.24, 2.45) is 5.92 Å². The Balaban J connectivity index is 1.90. The summed E-state index contributed by atoms with van der Waals surface area (Å²) in [6, 6.07) is 26.0. The molecule has 0 heterocycles. The third-order valence-electron chi connectivity index (χ3n) is 5.13. The summed E-state index contributed by atoms with van der Waals surface area (Å²) < 4.78 is 0. The molecule has 0 aliphatic heterocycles. The zero-order valence-electron chi connectivity index (χ0n) is 16.8. The number of rotatable bonds is 8. The molecule has 0 aliphatic rings. The highest BCUT2D eigenvalue weighted by molar-refractivity contribution is 7.80. The zero-order valence-corrected chi connectivity index (χ0v) is 17.7. The Kier molecular flexibility index (Phi) is 7.31. The number of hydrogen-bond donors (Lipinski definition) is 2. The van der Waals surface area contributed by atoms with E-state index in [9.17, 15) is 14.7 Å². The van der Waals surface area contributed by atoms with Crippen molar-refractivity contribution in [1.82, 2.24) is 0 Å². The number of carboxylic acid groups (broad SMARTS) is 1. The summed E-state index contributed by atoms with van der Waals surface area (Å²) in [5, 5.41) is 9.63. The van der Waals surface area contributed by atoms with Gasteiger partial charge in [-0.2, -0.15) is 12.6 Å². The topological polar surface area (TPSA) is 57.6 Å². The van der Waals surface area contributed by atoms with Crippen LogP contribution in [-0.4, -0.2) is 28.8 Å². The van der Waals surface area contributed by atoms with E-state index in [-0.39, 0.29) is 5.91 Å². The number of anilines is 1. The van der Waals surface area contributed by atoms with Crippen LogP contribution in [0, 0.1) is 5.92 Å². The molecule has 3 aromatic carbocycles. The van der Waals surface area contributed by atoms with Gasteiger partial charge in [0.05, 0.1) is 5.92 Å². The zero-order chi connectivity index (χ0) is 21.5. The van der Waals surface area contributed by atoms with Gasteiger partial charge in [-0.25, -0.2) is 4.79 Å². The fourth-order valence-electron chi connectivity index (χ4n) is 3.42. The smallest absolute Gasteiger partial charge is 0.326 e. The minimum Gasteiger partial charge on any atom is -0.480 e. The molecule has 30 heavy (non-hydrogen) atoms. The number of aliphatic carboxylic acids is 1. The Morgan fingerprint density at radius 2 is 1.40 bits per heavy atom. The number of carbonyl (C=O) groups is 2. The van der Waals surface area contributed by atoms with Crippen LogP contribution < -0.4 is 4.90 Å². The van der Waals surface area contributed by atoms with Gasteiger partial charge in [0.25, 0.3) is 0 Å². The van der Waals surface area contributed by atoms with Crippen molar-refractivity contribution in [1.29, 1.82) is 0 Å². The second kappa shape index (κ2) is 10.1. The van der Waals surface area contributed by atoms with Gasteiger partial charge in [-0.1, -0.05) is 72.8 Å². The van der Waals surface area contributed by atoms with Crippen LogP contribution in [-0.2, 0) is 16.0 Å². The third-order valence-corrected chi connectivity index (χ3v) is 5.57. The molecule has 154 valence electrons. The van der Waals surface area contributed by atoms with Crippen molar-refractivity contribution in [2.75, 3.05) is 10.7 Å². The average Bonchev–Trinajstić information content (AvgIpc) is 2.79. The SMILES string of the molecule is C[C@@H](C(=O)O)N(C(=O)C(CS)Cc1ccccc1)c1ccc(-c2ccccc2)cc1. The summed E-state index contributed by atoms with van der Waals surface area (Å²) >= 11 is 4.38. The van der Waals surface area contributed by atoms with Crippen LogP contribution >= 0.6 is 12.6 Å². The number of amides is 1. The predicted molar refractivity (Wildman–Crippen MR) is 124 cm³/mol. The molecule has 0 radical (unpaired) electrons. The van der Waals surface area contributed by atoms with Gasteiger partial charge in [0, 0.05) is 11.4 Å². The van der Waals surface area contributed by atoms with Gasteiger partial charge in [-0.3, -0.25) is 9.69 Å². The van der Waals surface area contributed by atoms with Crippen molar-refractivity contribution in [3.63, 3.8) is 0 Å². The second-order valence-electron chi connectivity index (χ2n) is 7.20. The molecule has 0 bridgehead atoms. The van der Waals surface area contributed by atoms with Crippen LogP contribution in [0.5, 0.6) is 0 Å². The lowest BCUT2D eigenvalue weighted by atomic mass is 9.98. The average molecular weight is 420 g/mol. The third kappa shape index (κ3) is 5.10. The summed E-state index contributed by atoms with van der Waals surface area (Å²) in [4.78, 5) is 26.5. The highest BCUT2D eigenvalue weighted by atomic mass is 32.1. The summed E-state index contributed by atoms with van der Waals surface area (Å²) in [5.74, 6) is -1.38. The molecule has 3 aromatic rings. The molecule has 5 heteroatoms. The maximum absolute atomic E-state index is 13.4. The molecular weight excluding hydrogens is 394 g/mol. The molecular formula is C25H25NO3S. The van der Waals surface area contributed by atoms with Gasteiger partial charge in [-0.15, -0.1) is 0 Å². The van der Waals surface area contributed by atoms with E-state index in [0.717, 1.165) is 16.7 Å². The van der Waals surface area contributed by atoms with Crippen molar-refractivity contribution >= 4 is 30.2 Å². The molecule has 0 aliphatic carbocycles. The van der Waals surface area contributed by atoms with E-state index < -0.39 is 17.9 Å². The predicted octanol–water partition coefficient (Wildman–Crippen LogP) is 4.95. The molecule has 1 amide bonds.